The molecule has 0 N–H and O–H groups in total. The Morgan fingerprint density at radius 1 is 1.06 bits per heavy atom. The molecule has 1 saturated heterocycles. The fourth-order valence-electron chi connectivity index (χ4n) is 2.23. The summed E-state index contributed by atoms with van der Waals surface area (Å²) in [6, 6.07) is 7.98. The summed E-state index contributed by atoms with van der Waals surface area (Å²) in [4.78, 5) is 2.57. The molecule has 1 aliphatic heterocycles. The van der Waals surface area contributed by atoms with E-state index in [9.17, 15) is 0 Å². The van der Waals surface area contributed by atoms with E-state index in [-0.39, 0.29) is 12.4 Å². The van der Waals surface area contributed by atoms with Crippen LogP contribution < -0.4 is 0 Å². The van der Waals surface area contributed by atoms with E-state index < -0.39 is 0 Å². The van der Waals surface area contributed by atoms with Gasteiger partial charge < -0.3 is 4.90 Å². The third-order valence-corrected chi connectivity index (χ3v) is 3.49. The minimum atomic E-state index is 0. The van der Waals surface area contributed by atoms with E-state index in [1.54, 1.807) is 0 Å². The van der Waals surface area contributed by atoms with E-state index in [2.05, 4.69) is 29.2 Å². The molecule has 1 aromatic rings. The molecule has 100 valence electrons. The summed E-state index contributed by atoms with van der Waals surface area (Å²) in [6.45, 7) is 3.77. The van der Waals surface area contributed by atoms with E-state index in [4.69, 9.17) is 11.6 Å². The average Bonchev–Trinajstić information content (AvgIpc) is 2.38. The molecule has 0 aliphatic carbocycles. The largest absolute Gasteiger partial charge is 0.303 e. The molecule has 1 heterocycles. The molecule has 1 aliphatic rings. The van der Waals surface area contributed by atoms with Crippen LogP contribution in [0.1, 0.15) is 31.2 Å². The molecule has 0 amide bonds. The van der Waals surface area contributed by atoms with Gasteiger partial charge in [-0.15, -0.1) is 12.4 Å². The van der Waals surface area contributed by atoms with Gasteiger partial charge >= 0.3 is 0 Å². The smallest absolute Gasteiger partial charge is 0.0406 e. The number of likely N-dealkylation sites (tertiary alicyclic amines) is 1. The highest BCUT2D eigenvalue weighted by Crippen LogP contribution is 2.12. The van der Waals surface area contributed by atoms with Crippen molar-refractivity contribution >= 4 is 30.1 Å². The Morgan fingerprint density at radius 2 is 1.72 bits per heavy atom. The zero-order valence-electron chi connectivity index (χ0n) is 10.6. The number of hydrogen-bond acceptors (Lipinski definition) is 1. The van der Waals surface area contributed by atoms with Crippen LogP contribution in [-0.2, 0) is 0 Å². The minimum Gasteiger partial charge on any atom is -0.303 e. The second kappa shape index (κ2) is 8.58. The number of hydrogen-bond donors (Lipinski definition) is 0. The first-order valence-corrected chi connectivity index (χ1v) is 6.87. The summed E-state index contributed by atoms with van der Waals surface area (Å²) >= 11 is 5.84. The highest BCUT2D eigenvalue weighted by molar-refractivity contribution is 6.30. The average molecular weight is 286 g/mol. The molecule has 0 spiro atoms. The number of nitrogens with zero attached hydrogens (tertiary/aromatic N) is 1. The first kappa shape index (κ1) is 15.6. The lowest BCUT2D eigenvalue weighted by Crippen LogP contribution is -2.30. The Bertz CT molecular complexity index is 353. The van der Waals surface area contributed by atoms with Crippen molar-refractivity contribution in [1.29, 1.82) is 0 Å². The quantitative estimate of drug-likeness (QED) is 0.778. The van der Waals surface area contributed by atoms with Crippen LogP contribution in [0, 0.1) is 0 Å². The Morgan fingerprint density at radius 3 is 2.39 bits per heavy atom. The Hall–Kier alpha value is -0.500. The lowest BCUT2D eigenvalue weighted by atomic mass is 10.1. The lowest BCUT2D eigenvalue weighted by molar-refractivity contribution is 0.233. The SMILES string of the molecule is Cl.Clc1ccc(C=CCCN2CCCCC2)cc1. The number of halogens is 2. The van der Waals surface area contributed by atoms with E-state index in [0.29, 0.717) is 0 Å². The van der Waals surface area contributed by atoms with Gasteiger partial charge in [-0.05, 0) is 50.0 Å². The molecule has 0 radical (unpaired) electrons. The Labute approximate surface area is 121 Å². The topological polar surface area (TPSA) is 3.24 Å². The first-order chi connectivity index (χ1) is 8.34. The zero-order chi connectivity index (χ0) is 11.9. The van der Waals surface area contributed by atoms with Gasteiger partial charge in [-0.3, -0.25) is 0 Å². The third-order valence-electron chi connectivity index (χ3n) is 3.24. The normalized spacial score (nSPS) is 16.7. The van der Waals surface area contributed by atoms with Gasteiger partial charge in [0, 0.05) is 11.6 Å². The molecule has 0 bridgehead atoms. The number of piperidine rings is 1. The molecule has 2 rings (SSSR count). The molecular weight excluding hydrogens is 265 g/mol. The Balaban J connectivity index is 0.00000162. The van der Waals surface area contributed by atoms with E-state index in [0.717, 1.165) is 11.4 Å². The Kier molecular flexibility index (Phi) is 7.41. The predicted molar refractivity (Wildman–Crippen MR) is 82.6 cm³/mol. The third kappa shape index (κ3) is 5.43. The maximum Gasteiger partial charge on any atom is 0.0406 e. The van der Waals surface area contributed by atoms with Gasteiger partial charge in [-0.1, -0.05) is 42.3 Å². The number of rotatable bonds is 4. The zero-order valence-corrected chi connectivity index (χ0v) is 12.2. The lowest BCUT2D eigenvalue weighted by Gasteiger charge is -2.25. The number of benzene rings is 1. The minimum absolute atomic E-state index is 0. The highest BCUT2D eigenvalue weighted by atomic mass is 35.5. The van der Waals surface area contributed by atoms with Gasteiger partial charge in [0.15, 0.2) is 0 Å². The van der Waals surface area contributed by atoms with Crippen molar-refractivity contribution in [3.63, 3.8) is 0 Å². The predicted octanol–water partition coefficient (Wildman–Crippen LogP) is 4.65. The molecule has 0 saturated carbocycles. The van der Waals surface area contributed by atoms with Crippen molar-refractivity contribution in [2.45, 2.75) is 25.7 Å². The van der Waals surface area contributed by atoms with Crippen LogP contribution in [0.3, 0.4) is 0 Å². The molecule has 0 aromatic heterocycles. The fraction of sp³-hybridized carbons (Fsp3) is 0.467. The summed E-state index contributed by atoms with van der Waals surface area (Å²) in [7, 11) is 0. The maximum absolute atomic E-state index is 5.84. The van der Waals surface area contributed by atoms with Crippen molar-refractivity contribution in [1.82, 2.24) is 4.90 Å². The molecule has 1 fully saturated rings. The van der Waals surface area contributed by atoms with Crippen LogP contribution in [0.2, 0.25) is 5.02 Å². The van der Waals surface area contributed by atoms with Crippen molar-refractivity contribution in [2.75, 3.05) is 19.6 Å². The van der Waals surface area contributed by atoms with Crippen molar-refractivity contribution in [2.24, 2.45) is 0 Å². The van der Waals surface area contributed by atoms with Crippen LogP contribution in [0.4, 0.5) is 0 Å². The van der Waals surface area contributed by atoms with Crippen LogP contribution >= 0.6 is 24.0 Å². The molecule has 3 heteroatoms. The van der Waals surface area contributed by atoms with Gasteiger partial charge in [0.2, 0.25) is 0 Å². The molecule has 18 heavy (non-hydrogen) atoms. The molecule has 0 unspecified atom stereocenters. The van der Waals surface area contributed by atoms with Gasteiger partial charge in [-0.25, -0.2) is 0 Å². The summed E-state index contributed by atoms with van der Waals surface area (Å²) in [5, 5.41) is 0.801. The van der Waals surface area contributed by atoms with Gasteiger partial charge in [0.1, 0.15) is 0 Å². The fourth-order valence-corrected chi connectivity index (χ4v) is 2.36. The maximum atomic E-state index is 5.84. The van der Waals surface area contributed by atoms with Crippen LogP contribution in [0.15, 0.2) is 30.3 Å². The molecule has 1 nitrogen and oxygen atoms in total. The van der Waals surface area contributed by atoms with Crippen molar-refractivity contribution in [3.8, 4) is 0 Å². The van der Waals surface area contributed by atoms with Crippen LogP contribution in [0.25, 0.3) is 6.08 Å². The van der Waals surface area contributed by atoms with Gasteiger partial charge in [0.25, 0.3) is 0 Å². The van der Waals surface area contributed by atoms with Crippen molar-refractivity contribution < 1.29 is 0 Å². The summed E-state index contributed by atoms with van der Waals surface area (Å²) in [5.74, 6) is 0. The second-order valence-electron chi connectivity index (χ2n) is 4.64. The van der Waals surface area contributed by atoms with Gasteiger partial charge in [0.05, 0.1) is 0 Å². The molecule has 0 atom stereocenters. The van der Waals surface area contributed by atoms with E-state index >= 15 is 0 Å². The second-order valence-corrected chi connectivity index (χ2v) is 5.08. The first-order valence-electron chi connectivity index (χ1n) is 6.49. The highest BCUT2D eigenvalue weighted by Gasteiger charge is 2.07. The van der Waals surface area contributed by atoms with Crippen LogP contribution in [0.5, 0.6) is 0 Å². The molecular formula is C15H21Cl2N. The standard InChI is InChI=1S/C15H20ClN.ClH/c16-15-9-7-14(8-10-15)6-2-5-13-17-11-3-1-4-12-17;/h2,6-10H,1,3-5,11-13H2;1H. The summed E-state index contributed by atoms with van der Waals surface area (Å²) < 4.78 is 0. The van der Waals surface area contributed by atoms with E-state index in [1.165, 1.54) is 44.5 Å². The van der Waals surface area contributed by atoms with Crippen LogP contribution in [-0.4, -0.2) is 24.5 Å². The van der Waals surface area contributed by atoms with Crippen molar-refractivity contribution in [3.05, 3.63) is 40.9 Å². The monoisotopic (exact) mass is 285 g/mol. The summed E-state index contributed by atoms with van der Waals surface area (Å²) in [6.07, 6.45) is 9.75. The molecule has 1 aromatic carbocycles. The van der Waals surface area contributed by atoms with E-state index in [1.807, 2.05) is 12.1 Å². The summed E-state index contributed by atoms with van der Waals surface area (Å²) in [5.41, 5.74) is 1.23. The van der Waals surface area contributed by atoms with Gasteiger partial charge in [-0.2, -0.15) is 0 Å².